The van der Waals surface area contributed by atoms with Gasteiger partial charge in [-0.1, -0.05) is 30.4 Å². The van der Waals surface area contributed by atoms with Gasteiger partial charge in [-0.3, -0.25) is 10.2 Å². The van der Waals surface area contributed by atoms with E-state index in [1.807, 2.05) is 39.0 Å². The molecule has 1 aromatic carbocycles. The molecule has 6 nitrogen and oxygen atoms in total. The van der Waals surface area contributed by atoms with Gasteiger partial charge in [0.25, 0.3) is 5.56 Å². The Bertz CT molecular complexity index is 1030. The minimum Gasteiger partial charge on any atom is -0.379 e. The molecule has 1 unspecified atom stereocenters. The van der Waals surface area contributed by atoms with Gasteiger partial charge in [0.1, 0.15) is 5.66 Å². The van der Waals surface area contributed by atoms with E-state index in [-0.39, 0.29) is 17.8 Å². The first-order valence-electron chi connectivity index (χ1n) is 9.07. The molecule has 0 spiro atoms. The number of fused-ring (bicyclic) bond motifs is 1. The highest BCUT2D eigenvalue weighted by Gasteiger charge is 2.36. The molecule has 2 aromatic rings. The van der Waals surface area contributed by atoms with E-state index in [9.17, 15) is 18.0 Å². The Labute approximate surface area is 166 Å². The zero-order valence-corrected chi connectivity index (χ0v) is 16.3. The molecule has 3 N–H and O–H groups in total. The zero-order valence-electron chi connectivity index (χ0n) is 16.3. The maximum absolute atomic E-state index is 13.1. The Balaban J connectivity index is 1.84. The fourth-order valence-electron chi connectivity index (χ4n) is 3.23. The van der Waals surface area contributed by atoms with Gasteiger partial charge in [0, 0.05) is 11.8 Å². The van der Waals surface area contributed by atoms with E-state index >= 15 is 0 Å². The molecule has 2 heterocycles. The van der Waals surface area contributed by atoms with Gasteiger partial charge < -0.3 is 10.6 Å². The van der Waals surface area contributed by atoms with Crippen LogP contribution in [0.15, 0.2) is 58.9 Å². The molecule has 0 bridgehead atoms. The summed E-state index contributed by atoms with van der Waals surface area (Å²) in [5, 5.41) is 5.90. The predicted octanol–water partition coefficient (Wildman–Crippen LogP) is 4.08. The molecular formula is C20H22F3N5O. The highest BCUT2D eigenvalue weighted by atomic mass is 19.4. The fourth-order valence-corrected chi connectivity index (χ4v) is 3.23. The summed E-state index contributed by atoms with van der Waals surface area (Å²) < 4.78 is 40.7. The molecule has 3 rings (SSSR count). The lowest BCUT2D eigenvalue weighted by atomic mass is 10.0. The average Bonchev–Trinajstić information content (AvgIpc) is 3.02. The van der Waals surface area contributed by atoms with Crippen molar-refractivity contribution in [3.63, 3.8) is 0 Å². The van der Waals surface area contributed by atoms with Crippen molar-refractivity contribution in [1.82, 2.24) is 9.66 Å². The Hall–Kier alpha value is -3.23. The van der Waals surface area contributed by atoms with Crippen LogP contribution < -0.4 is 21.6 Å². The average molecular weight is 405 g/mol. The number of para-hydroxylation sites is 1. The normalized spacial score (nSPS) is 19.0. The lowest BCUT2D eigenvalue weighted by Gasteiger charge is -2.26. The van der Waals surface area contributed by atoms with E-state index in [0.29, 0.717) is 11.6 Å². The van der Waals surface area contributed by atoms with Gasteiger partial charge in [-0.05, 0) is 38.5 Å². The van der Waals surface area contributed by atoms with Crippen molar-refractivity contribution in [3.8, 4) is 0 Å². The smallest absolute Gasteiger partial charge is 0.379 e. The standard InChI is InChI=1S/C20H22F3N5O/c1-4-8-13(5-2)19(3)26-18-25-14(11-17(29)28(18)27-19)12-24-16-10-7-6-9-15(16)20(21,22)23/h4-11,24,27H,12H2,1-3H3,(H,25,26)/b8-4-,13-5+. The SMILES string of the molecule is C/C=C\C(=C/C)C1(C)Nc2nc(CNc3ccccc3C(F)(F)F)cc(=O)n2N1. The van der Waals surface area contributed by atoms with Crippen LogP contribution >= 0.6 is 0 Å². The van der Waals surface area contributed by atoms with Gasteiger partial charge in [0.05, 0.1) is 17.8 Å². The second kappa shape index (κ2) is 7.65. The lowest BCUT2D eigenvalue weighted by molar-refractivity contribution is -0.137. The minimum absolute atomic E-state index is 0.0279. The van der Waals surface area contributed by atoms with Crippen molar-refractivity contribution in [2.24, 2.45) is 0 Å². The lowest BCUT2D eigenvalue weighted by Crippen LogP contribution is -2.43. The van der Waals surface area contributed by atoms with Crippen molar-refractivity contribution in [2.45, 2.75) is 39.2 Å². The number of nitrogens with zero attached hydrogens (tertiary/aromatic N) is 2. The van der Waals surface area contributed by atoms with Crippen LogP contribution in [0.25, 0.3) is 0 Å². The molecule has 0 radical (unpaired) electrons. The second-order valence-corrected chi connectivity index (χ2v) is 6.75. The number of hydrogen-bond donors (Lipinski definition) is 3. The van der Waals surface area contributed by atoms with Gasteiger partial charge in [0.2, 0.25) is 5.95 Å². The van der Waals surface area contributed by atoms with Crippen LogP contribution in [0.5, 0.6) is 0 Å². The van der Waals surface area contributed by atoms with E-state index in [2.05, 4.69) is 21.0 Å². The Morgan fingerprint density at radius 2 is 2.03 bits per heavy atom. The van der Waals surface area contributed by atoms with Crippen molar-refractivity contribution in [1.29, 1.82) is 0 Å². The van der Waals surface area contributed by atoms with Gasteiger partial charge in [-0.2, -0.15) is 17.8 Å². The Kier molecular flexibility index (Phi) is 5.41. The largest absolute Gasteiger partial charge is 0.418 e. The molecule has 1 aliphatic rings. The number of allylic oxidation sites excluding steroid dienone is 2. The van der Waals surface area contributed by atoms with Crippen molar-refractivity contribution >= 4 is 11.6 Å². The molecule has 154 valence electrons. The first-order chi connectivity index (χ1) is 13.7. The van der Waals surface area contributed by atoms with E-state index < -0.39 is 17.4 Å². The van der Waals surface area contributed by atoms with E-state index in [4.69, 9.17) is 0 Å². The van der Waals surface area contributed by atoms with Crippen LogP contribution in [0.4, 0.5) is 24.8 Å². The van der Waals surface area contributed by atoms with Crippen LogP contribution in [0.1, 0.15) is 32.0 Å². The highest BCUT2D eigenvalue weighted by Crippen LogP contribution is 2.34. The Morgan fingerprint density at radius 3 is 2.69 bits per heavy atom. The number of benzene rings is 1. The molecule has 1 aromatic heterocycles. The van der Waals surface area contributed by atoms with Crippen molar-refractivity contribution < 1.29 is 13.2 Å². The first kappa shape index (κ1) is 20.5. The maximum Gasteiger partial charge on any atom is 0.418 e. The van der Waals surface area contributed by atoms with Crippen LogP contribution in [-0.2, 0) is 12.7 Å². The molecule has 0 fully saturated rings. The van der Waals surface area contributed by atoms with Gasteiger partial charge >= 0.3 is 6.18 Å². The molecule has 1 aliphatic heterocycles. The molecule has 0 saturated carbocycles. The second-order valence-electron chi connectivity index (χ2n) is 6.75. The third-order valence-corrected chi connectivity index (χ3v) is 4.60. The number of hydrogen-bond acceptors (Lipinski definition) is 5. The van der Waals surface area contributed by atoms with E-state index in [0.717, 1.165) is 11.6 Å². The van der Waals surface area contributed by atoms with Crippen LogP contribution in [0, 0.1) is 0 Å². The van der Waals surface area contributed by atoms with E-state index in [1.165, 1.54) is 28.9 Å². The summed E-state index contributed by atoms with van der Waals surface area (Å²) in [4.78, 5) is 16.9. The molecule has 0 amide bonds. The topological polar surface area (TPSA) is 71.0 Å². The molecule has 9 heteroatoms. The highest BCUT2D eigenvalue weighted by molar-refractivity contribution is 5.53. The number of alkyl halides is 3. The molecule has 29 heavy (non-hydrogen) atoms. The quantitative estimate of drug-likeness (QED) is 0.654. The summed E-state index contributed by atoms with van der Waals surface area (Å²) >= 11 is 0. The van der Waals surface area contributed by atoms with Gasteiger partial charge in [-0.15, -0.1) is 0 Å². The number of halogens is 3. The first-order valence-corrected chi connectivity index (χ1v) is 9.07. The third kappa shape index (κ3) is 4.13. The summed E-state index contributed by atoms with van der Waals surface area (Å²) in [5.41, 5.74) is 2.38. The molecule has 1 atom stereocenters. The minimum atomic E-state index is -4.47. The maximum atomic E-state index is 13.1. The molecule has 0 aliphatic carbocycles. The summed E-state index contributed by atoms with van der Waals surface area (Å²) in [7, 11) is 0. The third-order valence-electron chi connectivity index (χ3n) is 4.60. The summed E-state index contributed by atoms with van der Waals surface area (Å²) in [6, 6.07) is 6.48. The predicted molar refractivity (Wildman–Crippen MR) is 107 cm³/mol. The monoisotopic (exact) mass is 405 g/mol. The fraction of sp³-hybridized carbons (Fsp3) is 0.300. The number of rotatable bonds is 5. The number of anilines is 2. The molecule has 0 saturated heterocycles. The van der Waals surface area contributed by atoms with Crippen molar-refractivity contribution in [3.05, 3.63) is 75.7 Å². The summed E-state index contributed by atoms with van der Waals surface area (Å²) in [6.07, 6.45) is 1.23. The number of nitrogens with one attached hydrogen (secondary N) is 3. The van der Waals surface area contributed by atoms with E-state index in [1.54, 1.807) is 0 Å². The van der Waals surface area contributed by atoms with Crippen LogP contribution in [-0.4, -0.2) is 15.3 Å². The van der Waals surface area contributed by atoms with Crippen LogP contribution in [0.2, 0.25) is 0 Å². The zero-order chi connectivity index (χ0) is 21.2. The summed E-state index contributed by atoms with van der Waals surface area (Å²) in [5.74, 6) is 0.296. The summed E-state index contributed by atoms with van der Waals surface area (Å²) in [6.45, 7) is 5.62. The molecular weight excluding hydrogens is 383 g/mol. The van der Waals surface area contributed by atoms with Gasteiger partial charge in [0.15, 0.2) is 0 Å². The Morgan fingerprint density at radius 1 is 1.31 bits per heavy atom. The van der Waals surface area contributed by atoms with Crippen LogP contribution in [0.3, 0.4) is 0 Å². The number of aromatic nitrogens is 2. The van der Waals surface area contributed by atoms with Crippen molar-refractivity contribution in [2.75, 3.05) is 16.1 Å². The van der Waals surface area contributed by atoms with Gasteiger partial charge in [-0.25, -0.2) is 4.98 Å².